The van der Waals surface area contributed by atoms with Crippen molar-refractivity contribution < 1.29 is 18.7 Å². The van der Waals surface area contributed by atoms with Crippen LogP contribution in [0.2, 0.25) is 0 Å². The third-order valence-electron chi connectivity index (χ3n) is 2.01. The highest BCUT2D eigenvalue weighted by molar-refractivity contribution is 5.94. The van der Waals surface area contributed by atoms with Gasteiger partial charge in [-0.05, 0) is 18.2 Å². The number of furan rings is 1. The Bertz CT molecular complexity index is 502. The summed E-state index contributed by atoms with van der Waals surface area (Å²) in [7, 11) is 0. The molecule has 15 heavy (non-hydrogen) atoms. The fourth-order valence-electron chi connectivity index (χ4n) is 1.33. The number of carboxylic acids is 1. The van der Waals surface area contributed by atoms with Crippen molar-refractivity contribution in [3.63, 3.8) is 0 Å². The number of hydrogen-bond donors (Lipinski definition) is 1. The molecule has 2 rings (SSSR count). The van der Waals surface area contributed by atoms with Crippen LogP contribution < -0.4 is 0 Å². The van der Waals surface area contributed by atoms with Gasteiger partial charge in [-0.25, -0.2) is 9.18 Å². The second-order valence-electron chi connectivity index (χ2n) is 2.95. The number of carbonyl (C=O) groups is 1. The molecule has 1 aromatic heterocycles. The third kappa shape index (κ3) is 1.61. The molecule has 0 radical (unpaired) electrons. The van der Waals surface area contributed by atoms with E-state index < -0.39 is 11.8 Å². The lowest BCUT2D eigenvalue weighted by molar-refractivity contribution is 0.0697. The molecule has 0 spiro atoms. The van der Waals surface area contributed by atoms with Crippen LogP contribution in [0.1, 0.15) is 10.4 Å². The Morgan fingerprint density at radius 3 is 2.67 bits per heavy atom. The SMILES string of the molecule is O=C(O)c1ccoc1-c1ccccc1F. The second-order valence-corrected chi connectivity index (χ2v) is 2.95. The van der Waals surface area contributed by atoms with Gasteiger partial charge in [0.25, 0.3) is 0 Å². The van der Waals surface area contributed by atoms with Gasteiger partial charge in [0.1, 0.15) is 11.4 Å². The van der Waals surface area contributed by atoms with Crippen molar-refractivity contribution in [2.75, 3.05) is 0 Å². The Balaban J connectivity index is 2.59. The molecule has 0 fully saturated rings. The van der Waals surface area contributed by atoms with Crippen LogP contribution in [0.3, 0.4) is 0 Å². The quantitative estimate of drug-likeness (QED) is 0.821. The summed E-state index contributed by atoms with van der Waals surface area (Å²) in [5, 5.41) is 8.82. The molecule has 1 aromatic carbocycles. The van der Waals surface area contributed by atoms with E-state index in [9.17, 15) is 9.18 Å². The van der Waals surface area contributed by atoms with Crippen molar-refractivity contribution in [2.45, 2.75) is 0 Å². The third-order valence-corrected chi connectivity index (χ3v) is 2.01. The summed E-state index contributed by atoms with van der Waals surface area (Å²) < 4.78 is 18.3. The van der Waals surface area contributed by atoms with E-state index in [1.807, 2.05) is 0 Å². The maximum Gasteiger partial charge on any atom is 0.339 e. The van der Waals surface area contributed by atoms with E-state index in [0.717, 1.165) is 0 Å². The van der Waals surface area contributed by atoms with Gasteiger partial charge < -0.3 is 9.52 Å². The summed E-state index contributed by atoms with van der Waals surface area (Å²) in [5.74, 6) is -1.60. The van der Waals surface area contributed by atoms with Crippen LogP contribution in [0.15, 0.2) is 41.0 Å². The number of hydrogen-bond acceptors (Lipinski definition) is 2. The summed E-state index contributed by atoms with van der Waals surface area (Å²) in [4.78, 5) is 10.8. The Morgan fingerprint density at radius 2 is 2.00 bits per heavy atom. The van der Waals surface area contributed by atoms with E-state index in [1.165, 1.54) is 30.5 Å². The zero-order chi connectivity index (χ0) is 10.8. The standard InChI is InChI=1S/C11H7FO3/c12-9-4-2-1-3-7(9)10-8(11(13)14)5-6-15-10/h1-6H,(H,13,14). The van der Waals surface area contributed by atoms with Gasteiger partial charge in [-0.15, -0.1) is 0 Å². The first-order valence-corrected chi connectivity index (χ1v) is 4.26. The molecule has 76 valence electrons. The van der Waals surface area contributed by atoms with E-state index in [-0.39, 0.29) is 16.9 Å². The average Bonchev–Trinajstić information content (AvgIpc) is 2.67. The molecule has 4 heteroatoms. The van der Waals surface area contributed by atoms with Crippen molar-refractivity contribution >= 4 is 5.97 Å². The molecule has 0 unspecified atom stereocenters. The molecular formula is C11H7FO3. The zero-order valence-corrected chi connectivity index (χ0v) is 7.61. The van der Waals surface area contributed by atoms with E-state index in [4.69, 9.17) is 9.52 Å². The lowest BCUT2D eigenvalue weighted by Gasteiger charge is -2.00. The maximum atomic E-state index is 13.3. The lowest BCUT2D eigenvalue weighted by Crippen LogP contribution is -1.96. The molecule has 1 heterocycles. The highest BCUT2D eigenvalue weighted by Crippen LogP contribution is 2.26. The van der Waals surface area contributed by atoms with Crippen LogP contribution >= 0.6 is 0 Å². The Morgan fingerprint density at radius 1 is 1.27 bits per heavy atom. The van der Waals surface area contributed by atoms with E-state index in [1.54, 1.807) is 6.07 Å². The first kappa shape index (κ1) is 9.45. The average molecular weight is 206 g/mol. The van der Waals surface area contributed by atoms with Crippen molar-refractivity contribution in [3.8, 4) is 11.3 Å². The van der Waals surface area contributed by atoms with Crippen LogP contribution in [0.5, 0.6) is 0 Å². The summed E-state index contributed by atoms with van der Waals surface area (Å²) >= 11 is 0. The summed E-state index contributed by atoms with van der Waals surface area (Å²) in [6.07, 6.45) is 1.23. The number of rotatable bonds is 2. The first-order valence-electron chi connectivity index (χ1n) is 4.26. The van der Waals surface area contributed by atoms with Gasteiger partial charge >= 0.3 is 5.97 Å². The fourth-order valence-corrected chi connectivity index (χ4v) is 1.33. The van der Waals surface area contributed by atoms with Crippen LogP contribution in [0.25, 0.3) is 11.3 Å². The summed E-state index contributed by atoms with van der Waals surface area (Å²) in [5.41, 5.74) is 0.111. The van der Waals surface area contributed by atoms with Crippen molar-refractivity contribution in [2.24, 2.45) is 0 Å². The molecule has 0 saturated heterocycles. The van der Waals surface area contributed by atoms with Crippen molar-refractivity contribution in [3.05, 3.63) is 48.0 Å². The fraction of sp³-hybridized carbons (Fsp3) is 0. The molecule has 0 aliphatic rings. The number of benzene rings is 1. The molecule has 1 N–H and O–H groups in total. The largest absolute Gasteiger partial charge is 0.478 e. The topological polar surface area (TPSA) is 50.4 Å². The van der Waals surface area contributed by atoms with Crippen LogP contribution in [-0.2, 0) is 0 Å². The van der Waals surface area contributed by atoms with Gasteiger partial charge in [-0.2, -0.15) is 0 Å². The highest BCUT2D eigenvalue weighted by Gasteiger charge is 2.17. The number of halogens is 1. The lowest BCUT2D eigenvalue weighted by atomic mass is 10.1. The van der Waals surface area contributed by atoms with Crippen LogP contribution in [0.4, 0.5) is 4.39 Å². The summed E-state index contributed by atoms with van der Waals surface area (Å²) in [6, 6.07) is 7.17. The Kier molecular flexibility index (Phi) is 2.25. The normalized spacial score (nSPS) is 10.2. The number of aromatic carboxylic acids is 1. The predicted molar refractivity (Wildman–Crippen MR) is 51.1 cm³/mol. The summed E-state index contributed by atoms with van der Waals surface area (Å²) in [6.45, 7) is 0. The first-order chi connectivity index (χ1) is 7.20. The van der Waals surface area contributed by atoms with E-state index >= 15 is 0 Å². The second kappa shape index (κ2) is 3.57. The molecule has 0 saturated carbocycles. The molecule has 0 aliphatic carbocycles. The van der Waals surface area contributed by atoms with Gasteiger partial charge in [-0.1, -0.05) is 12.1 Å². The van der Waals surface area contributed by atoms with Gasteiger partial charge in [0.15, 0.2) is 5.76 Å². The van der Waals surface area contributed by atoms with Gasteiger partial charge in [0.05, 0.1) is 11.8 Å². The smallest absolute Gasteiger partial charge is 0.339 e. The minimum absolute atomic E-state index is 0.0416. The molecule has 2 aromatic rings. The van der Waals surface area contributed by atoms with Gasteiger partial charge in [-0.3, -0.25) is 0 Å². The van der Waals surface area contributed by atoms with Crippen molar-refractivity contribution in [1.82, 2.24) is 0 Å². The van der Waals surface area contributed by atoms with E-state index in [2.05, 4.69) is 0 Å². The van der Waals surface area contributed by atoms with Crippen LogP contribution in [-0.4, -0.2) is 11.1 Å². The monoisotopic (exact) mass is 206 g/mol. The van der Waals surface area contributed by atoms with Gasteiger partial charge in [0.2, 0.25) is 0 Å². The molecule has 0 aliphatic heterocycles. The van der Waals surface area contributed by atoms with E-state index in [0.29, 0.717) is 0 Å². The molecular weight excluding hydrogens is 199 g/mol. The molecule has 0 bridgehead atoms. The zero-order valence-electron chi connectivity index (χ0n) is 7.61. The highest BCUT2D eigenvalue weighted by atomic mass is 19.1. The maximum absolute atomic E-state index is 13.3. The Labute approximate surface area is 84.8 Å². The Hall–Kier alpha value is -2.10. The van der Waals surface area contributed by atoms with Gasteiger partial charge in [0, 0.05) is 0 Å². The number of carboxylic acid groups (broad SMARTS) is 1. The van der Waals surface area contributed by atoms with Crippen molar-refractivity contribution in [1.29, 1.82) is 0 Å². The molecule has 0 atom stereocenters. The molecule has 3 nitrogen and oxygen atoms in total. The minimum Gasteiger partial charge on any atom is -0.478 e. The molecule has 0 amide bonds. The predicted octanol–water partition coefficient (Wildman–Crippen LogP) is 2.78. The minimum atomic E-state index is -1.14. The van der Waals surface area contributed by atoms with Crippen LogP contribution in [0, 0.1) is 5.82 Å².